The summed E-state index contributed by atoms with van der Waals surface area (Å²) in [5, 5.41) is 2.69. The highest BCUT2D eigenvalue weighted by Crippen LogP contribution is 2.34. The molecule has 0 radical (unpaired) electrons. The zero-order valence-electron chi connectivity index (χ0n) is 31.1. The molecular weight excluding hydrogens is 729 g/mol. The van der Waals surface area contributed by atoms with E-state index in [0.717, 1.165) is 77.3 Å². The number of methoxy groups -OCH3 is 1. The molecule has 2 fully saturated rings. The van der Waals surface area contributed by atoms with Gasteiger partial charge >= 0.3 is 12.1 Å². The van der Waals surface area contributed by atoms with Gasteiger partial charge in [0, 0.05) is 37.3 Å². The van der Waals surface area contributed by atoms with E-state index in [1.165, 1.54) is 7.11 Å². The van der Waals surface area contributed by atoms with E-state index in [9.17, 15) is 14.4 Å². The third-order valence-corrected chi connectivity index (χ3v) is 9.78. The lowest BCUT2D eigenvalue weighted by Crippen LogP contribution is -2.51. The van der Waals surface area contributed by atoms with Gasteiger partial charge in [-0.25, -0.2) is 19.6 Å². The second-order valence-corrected chi connectivity index (χ2v) is 13.7. The van der Waals surface area contributed by atoms with Crippen molar-refractivity contribution in [3.63, 3.8) is 0 Å². The highest BCUT2D eigenvalue weighted by Gasteiger charge is 2.38. The Balaban J connectivity index is 0.00000252. The number of amides is 4. The van der Waals surface area contributed by atoms with Crippen LogP contribution in [0.1, 0.15) is 88.2 Å². The Hall–Kier alpha value is -4.26. The molecule has 2 saturated heterocycles. The summed E-state index contributed by atoms with van der Waals surface area (Å²) in [6.45, 7) is 9.17. The van der Waals surface area contributed by atoms with Gasteiger partial charge in [0.05, 0.1) is 42.1 Å². The van der Waals surface area contributed by atoms with E-state index in [2.05, 4.69) is 32.1 Å². The number of fused-ring (bicyclic) bond motifs is 1. The maximum atomic E-state index is 13.5. The minimum atomic E-state index is -0.683. The van der Waals surface area contributed by atoms with E-state index in [4.69, 9.17) is 9.72 Å². The molecule has 2 aromatic heterocycles. The second-order valence-electron chi connectivity index (χ2n) is 13.7. The first-order chi connectivity index (χ1) is 24.0. The number of carbonyl (C=O) groups excluding carboxylic acids is 3. The summed E-state index contributed by atoms with van der Waals surface area (Å²) in [7, 11) is 3.14. The number of nitrogens with one attached hydrogen (secondary N) is 3. The number of nitrogens with zero attached hydrogens (tertiary/aromatic N) is 5. The van der Waals surface area contributed by atoms with Crippen molar-refractivity contribution < 1.29 is 19.1 Å². The van der Waals surface area contributed by atoms with Gasteiger partial charge in [-0.1, -0.05) is 37.8 Å². The monoisotopic (exact) mass is 780 g/mol. The third kappa shape index (κ3) is 9.46. The fraction of sp³-hybridized carbons (Fsp3) is 0.447. The van der Waals surface area contributed by atoms with Crippen molar-refractivity contribution in [3.8, 4) is 23.1 Å². The number of alkyl carbamates (subject to hydrolysis) is 1. The van der Waals surface area contributed by atoms with Crippen molar-refractivity contribution in [1.29, 1.82) is 0 Å². The molecule has 3 atom stereocenters. The van der Waals surface area contributed by atoms with Crippen molar-refractivity contribution in [3.05, 3.63) is 71.4 Å². The van der Waals surface area contributed by atoms with Gasteiger partial charge in [0.2, 0.25) is 5.91 Å². The van der Waals surface area contributed by atoms with Gasteiger partial charge in [-0.2, -0.15) is 40.5 Å². The summed E-state index contributed by atoms with van der Waals surface area (Å²) in [5.74, 6) is 7.83. The van der Waals surface area contributed by atoms with Crippen LogP contribution in [0.25, 0.3) is 22.3 Å². The van der Waals surface area contributed by atoms with Gasteiger partial charge in [-0.05, 0) is 81.3 Å². The fourth-order valence-electron chi connectivity index (χ4n) is 6.69. The maximum absolute atomic E-state index is 13.5. The smallest absolute Gasteiger partial charge is 0.407 e. The molecule has 0 spiro atoms. The van der Waals surface area contributed by atoms with Crippen LogP contribution in [-0.2, 0) is 9.53 Å². The molecule has 4 amide bonds. The molecule has 2 aromatic carbocycles. The molecule has 0 bridgehead atoms. The Kier molecular flexibility index (Phi) is 15.2. The van der Waals surface area contributed by atoms with Crippen molar-refractivity contribution in [2.45, 2.75) is 77.5 Å². The van der Waals surface area contributed by atoms with E-state index in [1.54, 1.807) is 4.90 Å². The number of hydrogen-bond donors (Lipinski definition) is 3. The molecule has 2 aliphatic rings. The largest absolute Gasteiger partial charge is 0.453 e. The minimum absolute atomic E-state index is 0. The van der Waals surface area contributed by atoms with Gasteiger partial charge in [-0.3, -0.25) is 4.79 Å². The molecule has 286 valence electrons. The number of imidazole rings is 2. The average molecular weight is 781 g/mol. The molecule has 12 nitrogen and oxygen atoms in total. The predicted octanol–water partition coefficient (Wildman–Crippen LogP) is 6.33. The summed E-state index contributed by atoms with van der Waals surface area (Å²) in [5.41, 5.74) is 5.27. The molecule has 15 heteroatoms. The quantitative estimate of drug-likeness (QED) is 0.188. The van der Waals surface area contributed by atoms with Crippen LogP contribution in [0.5, 0.6) is 0 Å². The number of likely N-dealkylation sites (tertiary alicyclic amines) is 2. The lowest BCUT2D eigenvalue weighted by atomic mass is 10.0. The van der Waals surface area contributed by atoms with Crippen molar-refractivity contribution in [2.24, 2.45) is 5.92 Å². The first kappa shape index (κ1) is 43.1. The number of urea groups is 1. The van der Waals surface area contributed by atoms with E-state index in [0.29, 0.717) is 6.54 Å². The number of H-pyrrole nitrogens is 2. The predicted molar refractivity (Wildman–Crippen MR) is 222 cm³/mol. The van der Waals surface area contributed by atoms with Crippen LogP contribution >= 0.6 is 40.5 Å². The molecule has 4 aromatic rings. The number of rotatable bonds is 7. The molecule has 3 N–H and O–H groups in total. The SMILES string of the molecule is COC(=O)N[C@H](C(=O)N1CCC[C@H]1c1nc2ccc(C#Cc3ccc(-c4cnc([C@@H]5CCCN5C(=O)N(C)C(C)C)[nH]4)cc3)cc2[nH]1)C(C)C.S.S.S. The summed E-state index contributed by atoms with van der Waals surface area (Å²) in [6, 6.07) is 13.1. The number of hydrogen-bond acceptors (Lipinski definition) is 6. The fourth-order valence-corrected chi connectivity index (χ4v) is 6.69. The van der Waals surface area contributed by atoms with E-state index in [-0.39, 0.29) is 76.5 Å². The molecule has 53 heavy (non-hydrogen) atoms. The molecule has 6 rings (SSSR count). The lowest BCUT2D eigenvalue weighted by Gasteiger charge is -2.30. The topological polar surface area (TPSA) is 140 Å². The van der Waals surface area contributed by atoms with E-state index >= 15 is 0 Å². The Labute approximate surface area is 332 Å². The number of carbonyl (C=O) groups is 3. The zero-order valence-corrected chi connectivity index (χ0v) is 34.1. The highest BCUT2D eigenvalue weighted by atomic mass is 32.1. The van der Waals surface area contributed by atoms with E-state index in [1.807, 2.05) is 93.2 Å². The standard InChI is InChI=1S/C38H46N8O4.3H2S/c1-23(2)33(43-37(48)50-6)36(47)45-19-7-10-32(45)35-40-28-18-15-26(21-29(28)41-35)12-11-25-13-16-27(17-14-25)30-22-39-34(42-30)31-9-8-20-46(31)38(49)44(5)24(3)4;;;/h13-18,21-24,31-33H,7-10,19-20H2,1-6H3,(H,39,42)(H,40,41)(H,43,48);3*1H2/t31-,32-,33-;;;/m0.../s1. The summed E-state index contributed by atoms with van der Waals surface area (Å²) >= 11 is 0. The Bertz CT molecular complexity index is 1930. The Morgan fingerprint density at radius 1 is 0.887 bits per heavy atom. The van der Waals surface area contributed by atoms with Gasteiger partial charge < -0.3 is 34.7 Å². The first-order valence-corrected chi connectivity index (χ1v) is 17.4. The zero-order chi connectivity index (χ0) is 35.5. The summed E-state index contributed by atoms with van der Waals surface area (Å²) < 4.78 is 4.75. The molecule has 0 unspecified atom stereocenters. The van der Waals surface area contributed by atoms with Crippen LogP contribution in [0, 0.1) is 17.8 Å². The number of aromatic nitrogens is 4. The van der Waals surface area contributed by atoms with Gasteiger partial charge in [0.1, 0.15) is 17.7 Å². The van der Waals surface area contributed by atoms with Crippen molar-refractivity contribution in [1.82, 2.24) is 40.0 Å². The molecule has 4 heterocycles. The molecule has 2 aliphatic heterocycles. The Morgan fingerprint density at radius 3 is 2.15 bits per heavy atom. The van der Waals surface area contributed by atoms with Crippen LogP contribution in [0.2, 0.25) is 0 Å². The number of benzene rings is 2. The van der Waals surface area contributed by atoms with Gasteiger partial charge in [0.25, 0.3) is 0 Å². The van der Waals surface area contributed by atoms with Crippen LogP contribution in [0.4, 0.5) is 9.59 Å². The Morgan fingerprint density at radius 2 is 1.51 bits per heavy atom. The molecule has 0 saturated carbocycles. The molecular formula is C38H52N8O4S3. The molecule has 0 aliphatic carbocycles. The van der Waals surface area contributed by atoms with E-state index < -0.39 is 12.1 Å². The average Bonchev–Trinajstić information content (AvgIpc) is 3.94. The minimum Gasteiger partial charge on any atom is -0.453 e. The van der Waals surface area contributed by atoms with Crippen LogP contribution < -0.4 is 5.32 Å². The van der Waals surface area contributed by atoms with Gasteiger partial charge in [-0.15, -0.1) is 0 Å². The van der Waals surface area contributed by atoms with Crippen LogP contribution in [0.15, 0.2) is 48.7 Å². The number of aromatic amines is 2. The van der Waals surface area contributed by atoms with Crippen molar-refractivity contribution in [2.75, 3.05) is 27.2 Å². The highest BCUT2D eigenvalue weighted by molar-refractivity contribution is 7.59. The summed E-state index contributed by atoms with van der Waals surface area (Å²) in [4.78, 5) is 60.3. The second kappa shape index (κ2) is 18.7. The number of ether oxygens (including phenoxy) is 1. The van der Waals surface area contributed by atoms with Crippen LogP contribution in [-0.4, -0.2) is 92.0 Å². The summed E-state index contributed by atoms with van der Waals surface area (Å²) in [6.07, 6.45) is 4.69. The normalized spacial score (nSPS) is 17.0. The van der Waals surface area contributed by atoms with Gasteiger partial charge in [0.15, 0.2) is 0 Å². The first-order valence-electron chi connectivity index (χ1n) is 17.4. The third-order valence-electron chi connectivity index (χ3n) is 9.78. The maximum Gasteiger partial charge on any atom is 0.407 e. The lowest BCUT2D eigenvalue weighted by molar-refractivity contribution is -0.135. The van der Waals surface area contributed by atoms with Crippen molar-refractivity contribution >= 4 is 69.6 Å². The van der Waals surface area contributed by atoms with Crippen LogP contribution in [0.3, 0.4) is 0 Å².